The van der Waals surface area contributed by atoms with Crippen molar-refractivity contribution in [2.45, 2.75) is 30.3 Å². The SMILES string of the molecule is COc1cccc(Br)c1S(=O)(=O)CCC1CCCO1. The largest absolute Gasteiger partial charge is 0.495 e. The van der Waals surface area contributed by atoms with Crippen molar-refractivity contribution in [3.63, 3.8) is 0 Å². The first-order valence-electron chi connectivity index (χ1n) is 6.21. The lowest BCUT2D eigenvalue weighted by Crippen LogP contribution is -2.15. The fourth-order valence-corrected chi connectivity index (χ4v) is 4.90. The highest BCUT2D eigenvalue weighted by Crippen LogP contribution is 2.32. The molecule has 1 aromatic carbocycles. The number of methoxy groups -OCH3 is 1. The standard InChI is InChI=1S/C13H17BrO4S/c1-17-12-6-2-5-11(14)13(12)19(15,16)9-7-10-4-3-8-18-10/h2,5-6,10H,3-4,7-9H2,1H3. The van der Waals surface area contributed by atoms with Crippen LogP contribution in [0.1, 0.15) is 19.3 Å². The highest BCUT2D eigenvalue weighted by molar-refractivity contribution is 9.10. The summed E-state index contributed by atoms with van der Waals surface area (Å²) in [7, 11) is -1.90. The molecule has 0 radical (unpaired) electrons. The van der Waals surface area contributed by atoms with Crippen LogP contribution < -0.4 is 4.74 Å². The van der Waals surface area contributed by atoms with Gasteiger partial charge < -0.3 is 9.47 Å². The van der Waals surface area contributed by atoms with Crippen LogP contribution in [0.3, 0.4) is 0 Å². The zero-order valence-corrected chi connectivity index (χ0v) is 13.2. The van der Waals surface area contributed by atoms with Crippen molar-refractivity contribution in [3.8, 4) is 5.75 Å². The first kappa shape index (κ1) is 14.8. The number of sulfone groups is 1. The van der Waals surface area contributed by atoms with Crippen molar-refractivity contribution in [1.82, 2.24) is 0 Å². The first-order chi connectivity index (χ1) is 9.04. The normalized spacial score (nSPS) is 19.6. The fourth-order valence-electron chi connectivity index (χ4n) is 2.21. The third-order valence-electron chi connectivity index (χ3n) is 3.19. The van der Waals surface area contributed by atoms with Crippen molar-refractivity contribution in [1.29, 1.82) is 0 Å². The van der Waals surface area contributed by atoms with E-state index < -0.39 is 9.84 Å². The minimum absolute atomic E-state index is 0.0725. The van der Waals surface area contributed by atoms with Gasteiger partial charge in [0.2, 0.25) is 0 Å². The number of hydrogen-bond donors (Lipinski definition) is 0. The molecule has 6 heteroatoms. The van der Waals surface area contributed by atoms with Gasteiger partial charge in [0.1, 0.15) is 10.6 Å². The second kappa shape index (κ2) is 6.24. The molecule has 106 valence electrons. The van der Waals surface area contributed by atoms with Gasteiger partial charge in [-0.3, -0.25) is 0 Å². The summed E-state index contributed by atoms with van der Waals surface area (Å²) in [5, 5.41) is 0. The molecule has 0 aromatic heterocycles. The maximum Gasteiger partial charge on any atom is 0.183 e. The zero-order valence-electron chi connectivity index (χ0n) is 10.8. The Morgan fingerprint density at radius 1 is 1.47 bits per heavy atom. The van der Waals surface area contributed by atoms with Crippen LogP contribution in [-0.4, -0.2) is 34.0 Å². The first-order valence-corrected chi connectivity index (χ1v) is 8.66. The summed E-state index contributed by atoms with van der Waals surface area (Å²) in [5.41, 5.74) is 0. The quantitative estimate of drug-likeness (QED) is 0.820. The third kappa shape index (κ3) is 3.49. The second-order valence-electron chi connectivity index (χ2n) is 4.51. The number of benzene rings is 1. The number of ether oxygens (including phenoxy) is 2. The average molecular weight is 349 g/mol. The lowest BCUT2D eigenvalue weighted by Gasteiger charge is -2.13. The van der Waals surface area contributed by atoms with Gasteiger partial charge in [-0.05, 0) is 47.3 Å². The molecular weight excluding hydrogens is 332 g/mol. The number of halogens is 1. The molecular formula is C13H17BrO4S. The Hall–Kier alpha value is -0.590. The van der Waals surface area contributed by atoms with E-state index in [0.717, 1.165) is 19.4 Å². The molecule has 1 aliphatic heterocycles. The van der Waals surface area contributed by atoms with Gasteiger partial charge in [-0.1, -0.05) is 6.07 Å². The Morgan fingerprint density at radius 2 is 2.26 bits per heavy atom. The molecule has 4 nitrogen and oxygen atoms in total. The summed E-state index contributed by atoms with van der Waals surface area (Å²) < 4.78 is 36.0. The smallest absolute Gasteiger partial charge is 0.183 e. The Morgan fingerprint density at radius 3 is 2.89 bits per heavy atom. The van der Waals surface area contributed by atoms with Crippen LogP contribution in [0.5, 0.6) is 5.75 Å². The topological polar surface area (TPSA) is 52.6 Å². The fraction of sp³-hybridized carbons (Fsp3) is 0.538. The van der Waals surface area contributed by atoms with Crippen molar-refractivity contribution in [2.24, 2.45) is 0 Å². The molecule has 0 amide bonds. The predicted octanol–water partition coefficient (Wildman–Crippen LogP) is 2.80. The van der Waals surface area contributed by atoms with Crippen molar-refractivity contribution in [3.05, 3.63) is 22.7 Å². The van der Waals surface area contributed by atoms with Gasteiger partial charge in [0.25, 0.3) is 0 Å². The van der Waals surface area contributed by atoms with Crippen molar-refractivity contribution >= 4 is 25.8 Å². The minimum Gasteiger partial charge on any atom is -0.495 e. The van der Waals surface area contributed by atoms with E-state index in [0.29, 0.717) is 16.6 Å². The molecule has 1 fully saturated rings. The van der Waals surface area contributed by atoms with Crippen LogP contribution in [0, 0.1) is 0 Å². The van der Waals surface area contributed by atoms with Crippen LogP contribution in [0.25, 0.3) is 0 Å². The summed E-state index contributed by atoms with van der Waals surface area (Å²) in [6, 6.07) is 5.12. The lowest BCUT2D eigenvalue weighted by atomic mass is 10.2. The molecule has 1 unspecified atom stereocenters. The zero-order chi connectivity index (χ0) is 13.9. The van der Waals surface area contributed by atoms with Crippen LogP contribution in [0.2, 0.25) is 0 Å². The van der Waals surface area contributed by atoms with Gasteiger partial charge in [0, 0.05) is 11.1 Å². The highest BCUT2D eigenvalue weighted by Gasteiger charge is 2.25. The second-order valence-corrected chi connectivity index (χ2v) is 7.41. The van der Waals surface area contributed by atoms with E-state index in [1.165, 1.54) is 7.11 Å². The molecule has 0 aliphatic carbocycles. The van der Waals surface area contributed by atoms with Gasteiger partial charge in [-0.2, -0.15) is 0 Å². The van der Waals surface area contributed by atoms with E-state index >= 15 is 0 Å². The minimum atomic E-state index is -3.37. The lowest BCUT2D eigenvalue weighted by molar-refractivity contribution is 0.109. The number of rotatable bonds is 5. The van der Waals surface area contributed by atoms with E-state index in [9.17, 15) is 8.42 Å². The van der Waals surface area contributed by atoms with Gasteiger partial charge in [-0.25, -0.2) is 8.42 Å². The monoisotopic (exact) mass is 348 g/mol. The van der Waals surface area contributed by atoms with E-state index in [-0.39, 0.29) is 16.8 Å². The van der Waals surface area contributed by atoms with E-state index in [2.05, 4.69) is 15.9 Å². The molecule has 1 heterocycles. The molecule has 19 heavy (non-hydrogen) atoms. The summed E-state index contributed by atoms with van der Waals surface area (Å²) in [6.45, 7) is 0.739. The Balaban J connectivity index is 2.19. The Bertz CT molecular complexity index is 536. The van der Waals surface area contributed by atoms with Crippen molar-refractivity contribution in [2.75, 3.05) is 19.5 Å². The summed E-state index contributed by atoms with van der Waals surface area (Å²) >= 11 is 3.29. The number of hydrogen-bond acceptors (Lipinski definition) is 4. The molecule has 1 saturated heterocycles. The molecule has 1 atom stereocenters. The summed E-state index contributed by atoms with van der Waals surface area (Å²) in [5.74, 6) is 0.457. The van der Waals surface area contributed by atoms with E-state index in [4.69, 9.17) is 9.47 Å². The maximum atomic E-state index is 12.4. The van der Waals surface area contributed by atoms with E-state index in [1.807, 2.05) is 0 Å². The van der Waals surface area contributed by atoms with Gasteiger partial charge in [0.05, 0.1) is 19.0 Å². The van der Waals surface area contributed by atoms with Crippen molar-refractivity contribution < 1.29 is 17.9 Å². The van der Waals surface area contributed by atoms with E-state index in [1.54, 1.807) is 18.2 Å². The Kier molecular flexibility index (Phi) is 4.86. The molecule has 0 bridgehead atoms. The summed E-state index contributed by atoms with van der Waals surface area (Å²) in [6.07, 6.45) is 2.57. The van der Waals surface area contributed by atoms with Crippen LogP contribution in [0.15, 0.2) is 27.6 Å². The summed E-state index contributed by atoms with van der Waals surface area (Å²) in [4.78, 5) is 0.232. The van der Waals surface area contributed by atoms with Crippen LogP contribution in [-0.2, 0) is 14.6 Å². The van der Waals surface area contributed by atoms with Gasteiger partial charge in [0.15, 0.2) is 9.84 Å². The molecule has 1 aliphatic rings. The average Bonchev–Trinajstić information content (AvgIpc) is 2.89. The van der Waals surface area contributed by atoms with Crippen LogP contribution in [0.4, 0.5) is 0 Å². The predicted molar refractivity (Wildman–Crippen MR) is 76.3 cm³/mol. The third-order valence-corrected chi connectivity index (χ3v) is 5.93. The van der Waals surface area contributed by atoms with Gasteiger partial charge in [-0.15, -0.1) is 0 Å². The maximum absolute atomic E-state index is 12.4. The molecule has 0 saturated carbocycles. The highest BCUT2D eigenvalue weighted by atomic mass is 79.9. The Labute approximate surface area is 122 Å². The molecule has 2 rings (SSSR count). The van der Waals surface area contributed by atoms with Crippen LogP contribution >= 0.6 is 15.9 Å². The van der Waals surface area contributed by atoms with Gasteiger partial charge >= 0.3 is 0 Å². The molecule has 1 aromatic rings. The molecule has 0 N–H and O–H groups in total. The molecule has 0 spiro atoms.